The summed E-state index contributed by atoms with van der Waals surface area (Å²) < 4.78 is 27.4. The smallest absolute Gasteiger partial charge is 0.246 e. The molecule has 0 aliphatic rings. The van der Waals surface area contributed by atoms with Crippen molar-refractivity contribution in [2.45, 2.75) is 45.3 Å². The van der Waals surface area contributed by atoms with Crippen molar-refractivity contribution in [2.24, 2.45) is 5.92 Å². The van der Waals surface area contributed by atoms with Crippen LogP contribution < -0.4 is 5.45 Å². The largest absolute Gasteiger partial charge is 0.308 e. The van der Waals surface area contributed by atoms with Gasteiger partial charge in [-0.3, -0.25) is 0 Å². The quantitative estimate of drug-likeness (QED) is 0.384. The number of hydrogen-bond donors (Lipinski definition) is 0. The predicted octanol–water partition coefficient (Wildman–Crippen LogP) is 2.50. The summed E-state index contributed by atoms with van der Waals surface area (Å²) in [6.07, 6.45) is 6.43. The van der Waals surface area contributed by atoms with Crippen molar-refractivity contribution in [3.8, 4) is 0 Å². The zero-order valence-corrected chi connectivity index (χ0v) is 16.8. The number of imidazole rings is 1. The van der Waals surface area contributed by atoms with Gasteiger partial charge < -0.3 is 0 Å². The molecule has 0 aliphatic carbocycles. The molecule has 0 saturated carbocycles. The van der Waals surface area contributed by atoms with Crippen LogP contribution in [0.3, 0.4) is 0 Å². The molecule has 8 heteroatoms. The van der Waals surface area contributed by atoms with E-state index in [1.54, 1.807) is 26.5 Å². The average Bonchev–Trinajstić information content (AvgIpc) is 2.88. The Morgan fingerprint density at radius 2 is 2.00 bits per heavy atom. The molecule has 0 N–H and O–H groups in total. The molecule has 0 fully saturated rings. The lowest BCUT2D eigenvalue weighted by Gasteiger charge is -2.27. The summed E-state index contributed by atoms with van der Waals surface area (Å²) >= 11 is 5.72. The minimum Gasteiger partial charge on any atom is -0.246 e. The molecule has 0 aliphatic heterocycles. The van der Waals surface area contributed by atoms with Gasteiger partial charge in [-0.2, -0.15) is 12.7 Å². The van der Waals surface area contributed by atoms with Crippen molar-refractivity contribution in [1.82, 2.24) is 13.3 Å². The zero-order chi connectivity index (χ0) is 17.0. The number of halogens is 1. The molecule has 1 aromatic heterocycles. The summed E-state index contributed by atoms with van der Waals surface area (Å²) in [6, 6.07) is 1.02. The average molecular weight is 366 g/mol. The number of aromatic nitrogens is 2. The Morgan fingerprint density at radius 3 is 2.55 bits per heavy atom. The lowest BCUT2D eigenvalue weighted by atomic mass is 10.1. The highest BCUT2D eigenvalue weighted by Gasteiger charge is 2.34. The summed E-state index contributed by atoms with van der Waals surface area (Å²) in [7, 11) is -2.35. The molecule has 128 valence electrons. The SMILES string of the molecule is CC(CCCCCl)C[Si](C)(C)c1nccn1S(=O)(=O)N(C)C. The van der Waals surface area contributed by atoms with Gasteiger partial charge in [-0.25, -0.2) is 8.96 Å². The molecule has 1 heterocycles. The standard InChI is InChI=1S/C14H28ClN3O2SSi/c1-13(8-6-7-9-15)12-22(4,5)14-16-10-11-18(14)21(19,20)17(2)3/h10-11,13H,6-9,12H2,1-5H3. The highest BCUT2D eigenvalue weighted by Crippen LogP contribution is 2.22. The van der Waals surface area contributed by atoms with Crippen LogP contribution in [-0.4, -0.2) is 49.7 Å². The maximum Gasteiger partial charge on any atom is 0.308 e. The first-order chi connectivity index (χ1) is 10.1. The van der Waals surface area contributed by atoms with E-state index in [1.165, 1.54) is 8.28 Å². The normalized spacial score (nSPS) is 14.5. The molecule has 5 nitrogen and oxygen atoms in total. The molecule has 0 bridgehead atoms. The van der Waals surface area contributed by atoms with E-state index in [4.69, 9.17) is 11.6 Å². The van der Waals surface area contributed by atoms with Gasteiger partial charge in [0.25, 0.3) is 0 Å². The van der Waals surface area contributed by atoms with Crippen LogP contribution in [-0.2, 0) is 10.2 Å². The first-order valence-corrected chi connectivity index (χ1v) is 12.8. The fourth-order valence-electron chi connectivity index (χ4n) is 2.78. The van der Waals surface area contributed by atoms with E-state index in [1.807, 2.05) is 0 Å². The molecule has 0 spiro atoms. The summed E-state index contributed by atoms with van der Waals surface area (Å²) in [5, 5.41) is 0. The third-order valence-corrected chi connectivity index (χ3v) is 9.30. The van der Waals surface area contributed by atoms with Crippen LogP contribution in [0.25, 0.3) is 0 Å². The van der Waals surface area contributed by atoms with E-state index in [-0.39, 0.29) is 0 Å². The molecular weight excluding hydrogens is 338 g/mol. The van der Waals surface area contributed by atoms with Crippen LogP contribution in [0.1, 0.15) is 26.2 Å². The van der Waals surface area contributed by atoms with E-state index in [0.717, 1.165) is 30.8 Å². The van der Waals surface area contributed by atoms with Gasteiger partial charge in [0, 0.05) is 32.4 Å². The van der Waals surface area contributed by atoms with Gasteiger partial charge in [0.05, 0.1) is 0 Å². The van der Waals surface area contributed by atoms with Crippen LogP contribution in [0.15, 0.2) is 12.4 Å². The van der Waals surface area contributed by atoms with Gasteiger partial charge in [-0.15, -0.1) is 11.6 Å². The van der Waals surface area contributed by atoms with Crippen LogP contribution in [0.4, 0.5) is 0 Å². The van der Waals surface area contributed by atoms with Gasteiger partial charge in [0.1, 0.15) is 13.5 Å². The Kier molecular flexibility index (Phi) is 7.10. The Morgan fingerprint density at radius 1 is 1.36 bits per heavy atom. The highest BCUT2D eigenvalue weighted by atomic mass is 35.5. The minimum absolute atomic E-state index is 0.553. The minimum atomic E-state index is -3.50. The molecule has 0 saturated heterocycles. The predicted molar refractivity (Wildman–Crippen MR) is 95.9 cm³/mol. The van der Waals surface area contributed by atoms with E-state index in [2.05, 4.69) is 25.0 Å². The van der Waals surface area contributed by atoms with Gasteiger partial charge in [-0.05, 0) is 18.4 Å². The summed E-state index contributed by atoms with van der Waals surface area (Å²) in [6.45, 7) is 6.61. The molecule has 1 aromatic rings. The Hall–Kier alpha value is -0.373. The van der Waals surface area contributed by atoms with Crippen molar-refractivity contribution in [2.75, 3.05) is 20.0 Å². The van der Waals surface area contributed by atoms with Crippen molar-refractivity contribution in [1.29, 1.82) is 0 Å². The Bertz CT molecular complexity index is 572. The fraction of sp³-hybridized carbons (Fsp3) is 0.786. The highest BCUT2D eigenvalue weighted by molar-refractivity contribution is 7.87. The third-order valence-electron chi connectivity index (χ3n) is 3.86. The number of alkyl halides is 1. The van der Waals surface area contributed by atoms with E-state index >= 15 is 0 Å². The summed E-state index contributed by atoms with van der Waals surface area (Å²) in [5.41, 5.74) is 0.727. The lowest BCUT2D eigenvalue weighted by molar-refractivity contribution is 0.511. The van der Waals surface area contributed by atoms with Crippen LogP contribution >= 0.6 is 11.6 Å². The second-order valence-corrected chi connectivity index (χ2v) is 13.7. The van der Waals surface area contributed by atoms with Gasteiger partial charge in [0.15, 0.2) is 0 Å². The molecule has 1 atom stereocenters. The molecule has 0 radical (unpaired) electrons. The number of unbranched alkanes of at least 4 members (excludes halogenated alkanes) is 1. The third kappa shape index (κ3) is 4.81. The maximum atomic E-state index is 12.4. The van der Waals surface area contributed by atoms with E-state index in [9.17, 15) is 8.42 Å². The molecule has 1 unspecified atom stereocenters. The van der Waals surface area contributed by atoms with Crippen molar-refractivity contribution in [3.63, 3.8) is 0 Å². The molecule has 22 heavy (non-hydrogen) atoms. The van der Waals surface area contributed by atoms with E-state index < -0.39 is 18.3 Å². The van der Waals surface area contributed by atoms with Gasteiger partial charge >= 0.3 is 10.2 Å². The topological polar surface area (TPSA) is 55.2 Å². The fourth-order valence-corrected chi connectivity index (χ4v) is 8.11. The number of rotatable bonds is 9. The van der Waals surface area contributed by atoms with Crippen molar-refractivity contribution in [3.05, 3.63) is 12.4 Å². The van der Waals surface area contributed by atoms with Crippen molar-refractivity contribution >= 4 is 35.3 Å². The molecule has 0 aromatic carbocycles. The first kappa shape index (κ1) is 19.7. The summed E-state index contributed by atoms with van der Waals surface area (Å²) in [4.78, 5) is 4.38. The van der Waals surface area contributed by atoms with Crippen LogP contribution in [0.2, 0.25) is 19.1 Å². The first-order valence-electron chi connectivity index (χ1n) is 7.65. The maximum absolute atomic E-state index is 12.4. The van der Waals surface area contributed by atoms with Crippen LogP contribution in [0, 0.1) is 5.92 Å². The zero-order valence-electron chi connectivity index (χ0n) is 14.2. The number of nitrogens with zero attached hydrogens (tertiary/aromatic N) is 3. The lowest BCUT2D eigenvalue weighted by Crippen LogP contribution is -2.51. The Labute approximate surface area is 140 Å². The Balaban J connectivity index is 2.93. The second-order valence-electron chi connectivity index (χ2n) is 6.71. The van der Waals surface area contributed by atoms with Gasteiger partial charge in [-0.1, -0.05) is 32.9 Å². The number of hydrogen-bond acceptors (Lipinski definition) is 3. The van der Waals surface area contributed by atoms with Gasteiger partial charge in [0.2, 0.25) is 0 Å². The second kappa shape index (κ2) is 7.94. The molecular formula is C14H28ClN3O2SSi. The summed E-state index contributed by atoms with van der Waals surface area (Å²) in [5.74, 6) is 1.26. The van der Waals surface area contributed by atoms with E-state index in [0.29, 0.717) is 11.8 Å². The van der Waals surface area contributed by atoms with Crippen LogP contribution in [0.5, 0.6) is 0 Å². The van der Waals surface area contributed by atoms with Crippen molar-refractivity contribution < 1.29 is 8.42 Å². The molecule has 0 amide bonds. The molecule has 1 rings (SSSR count). The monoisotopic (exact) mass is 365 g/mol.